The average Bonchev–Trinajstić information content (AvgIpc) is 2.55. The number of benzene rings is 2. The minimum atomic E-state index is -0.407. The Kier molecular flexibility index (Phi) is 5.80. The largest absolute Gasteiger partial charge is 0.310 e. The number of halogens is 1. The van der Waals surface area contributed by atoms with Gasteiger partial charge in [0.1, 0.15) is 5.84 Å². The van der Waals surface area contributed by atoms with E-state index >= 15 is 0 Å². The zero-order chi connectivity index (χ0) is 16.4. The van der Waals surface area contributed by atoms with E-state index < -0.39 is 4.92 Å². The number of nitro benzene ring substituents is 1. The first-order chi connectivity index (χ1) is 11.0. The Morgan fingerprint density at radius 2 is 1.83 bits per heavy atom. The molecule has 24 heavy (non-hydrogen) atoms. The van der Waals surface area contributed by atoms with Gasteiger partial charge in [0.05, 0.1) is 10.6 Å². The van der Waals surface area contributed by atoms with Crippen molar-refractivity contribution < 1.29 is 4.92 Å². The molecule has 0 aliphatic carbocycles. The minimum Gasteiger partial charge on any atom is -0.310 e. The standard InChI is InChI=1S/C17H15N3O2S.BrH/c1-11-3-8-15(12(2)9-11)16-10-23-19-17(18-16)13-4-6-14(7-5-13)20(21)22;/h3-10H,1-2H3,(H,18,19);1H. The third-order valence-corrected chi connectivity index (χ3v) is 4.22. The van der Waals surface area contributed by atoms with Crippen LogP contribution in [0.25, 0.3) is 5.70 Å². The van der Waals surface area contributed by atoms with E-state index in [1.54, 1.807) is 12.1 Å². The fourth-order valence-electron chi connectivity index (χ4n) is 2.40. The van der Waals surface area contributed by atoms with Crippen LogP contribution in [0.3, 0.4) is 0 Å². The Morgan fingerprint density at radius 1 is 1.12 bits per heavy atom. The van der Waals surface area contributed by atoms with Gasteiger partial charge in [-0.2, -0.15) is 0 Å². The highest BCUT2D eigenvalue weighted by molar-refractivity contribution is 8.93. The molecule has 1 N–H and O–H groups in total. The summed E-state index contributed by atoms with van der Waals surface area (Å²) in [5.74, 6) is 0.697. The summed E-state index contributed by atoms with van der Waals surface area (Å²) < 4.78 is 3.14. The van der Waals surface area contributed by atoms with Crippen molar-refractivity contribution in [1.82, 2.24) is 4.72 Å². The summed E-state index contributed by atoms with van der Waals surface area (Å²) in [6.07, 6.45) is 0. The van der Waals surface area contributed by atoms with E-state index in [9.17, 15) is 10.1 Å². The van der Waals surface area contributed by atoms with E-state index in [1.165, 1.54) is 35.2 Å². The highest BCUT2D eigenvalue weighted by Gasteiger charge is 2.14. The Morgan fingerprint density at radius 3 is 2.46 bits per heavy atom. The molecule has 124 valence electrons. The SMILES string of the molecule is Br.Cc1ccc(C2=CSNC(c3ccc([N+](=O)[O-])cc3)=N2)c(C)c1. The molecule has 0 bridgehead atoms. The van der Waals surface area contributed by atoms with Crippen molar-refractivity contribution in [2.75, 3.05) is 0 Å². The minimum absolute atomic E-state index is 0. The Labute approximate surface area is 154 Å². The number of amidine groups is 1. The van der Waals surface area contributed by atoms with E-state index in [2.05, 4.69) is 41.8 Å². The van der Waals surface area contributed by atoms with E-state index in [0.717, 1.165) is 16.8 Å². The lowest BCUT2D eigenvalue weighted by molar-refractivity contribution is -0.384. The van der Waals surface area contributed by atoms with Gasteiger partial charge in [0.25, 0.3) is 5.69 Å². The predicted octanol–water partition coefficient (Wildman–Crippen LogP) is 4.79. The third-order valence-electron chi connectivity index (χ3n) is 3.57. The van der Waals surface area contributed by atoms with Crippen LogP contribution in [0.1, 0.15) is 22.3 Å². The summed E-state index contributed by atoms with van der Waals surface area (Å²) in [5.41, 5.74) is 5.25. The lowest BCUT2D eigenvalue weighted by atomic mass is 10.0. The summed E-state index contributed by atoms with van der Waals surface area (Å²) in [4.78, 5) is 15.0. The molecule has 3 rings (SSSR count). The van der Waals surface area contributed by atoms with Gasteiger partial charge in [-0.05, 0) is 43.5 Å². The molecule has 0 saturated heterocycles. The number of nitrogens with zero attached hydrogens (tertiary/aromatic N) is 2. The smallest absolute Gasteiger partial charge is 0.269 e. The van der Waals surface area contributed by atoms with Gasteiger partial charge < -0.3 is 4.72 Å². The maximum atomic E-state index is 10.7. The summed E-state index contributed by atoms with van der Waals surface area (Å²) in [7, 11) is 0. The van der Waals surface area contributed by atoms with Gasteiger partial charge in [-0.15, -0.1) is 17.0 Å². The lowest BCUT2D eigenvalue weighted by Crippen LogP contribution is -2.19. The maximum Gasteiger partial charge on any atom is 0.269 e. The van der Waals surface area contributed by atoms with E-state index in [4.69, 9.17) is 0 Å². The van der Waals surface area contributed by atoms with Gasteiger partial charge in [-0.1, -0.05) is 23.8 Å². The van der Waals surface area contributed by atoms with Crippen LogP contribution in [0.4, 0.5) is 5.69 Å². The summed E-state index contributed by atoms with van der Waals surface area (Å²) >= 11 is 1.45. The molecule has 0 unspecified atom stereocenters. The van der Waals surface area contributed by atoms with Gasteiger partial charge in [-0.3, -0.25) is 10.1 Å². The molecule has 2 aromatic carbocycles. The number of nitro groups is 1. The molecular weight excluding hydrogens is 390 g/mol. The van der Waals surface area contributed by atoms with Gasteiger partial charge in [0.15, 0.2) is 0 Å². The van der Waals surface area contributed by atoms with Gasteiger partial charge in [-0.25, -0.2) is 4.99 Å². The molecule has 0 amide bonds. The van der Waals surface area contributed by atoms with Crippen molar-refractivity contribution in [2.45, 2.75) is 13.8 Å². The second-order valence-corrected chi connectivity index (χ2v) is 5.98. The first-order valence-electron chi connectivity index (χ1n) is 7.07. The van der Waals surface area contributed by atoms with Crippen molar-refractivity contribution in [2.24, 2.45) is 4.99 Å². The molecule has 0 fully saturated rings. The number of hydrogen-bond donors (Lipinski definition) is 1. The molecule has 0 radical (unpaired) electrons. The number of aliphatic imine (C=N–C) groups is 1. The zero-order valence-electron chi connectivity index (χ0n) is 13.1. The van der Waals surface area contributed by atoms with Gasteiger partial charge >= 0.3 is 0 Å². The first-order valence-corrected chi connectivity index (χ1v) is 7.95. The number of nitrogens with one attached hydrogen (secondary N) is 1. The van der Waals surface area contributed by atoms with Crippen LogP contribution in [0.5, 0.6) is 0 Å². The van der Waals surface area contributed by atoms with E-state index in [1.807, 2.05) is 5.41 Å². The van der Waals surface area contributed by atoms with Crippen LogP contribution in [0, 0.1) is 24.0 Å². The number of aryl methyl sites for hydroxylation is 2. The molecule has 1 aliphatic heterocycles. The first kappa shape index (κ1) is 18.2. The van der Waals surface area contributed by atoms with Crippen molar-refractivity contribution in [3.05, 3.63) is 80.2 Å². The van der Waals surface area contributed by atoms with Crippen molar-refractivity contribution in [3.8, 4) is 0 Å². The van der Waals surface area contributed by atoms with Crippen LogP contribution in [-0.4, -0.2) is 10.8 Å². The lowest BCUT2D eigenvalue weighted by Gasteiger charge is -2.16. The Bertz CT molecular complexity index is 832. The molecule has 1 aliphatic rings. The predicted molar refractivity (Wildman–Crippen MR) is 105 cm³/mol. The normalized spacial score (nSPS) is 13.2. The quantitative estimate of drug-likeness (QED) is 0.452. The number of hydrogen-bond acceptors (Lipinski definition) is 5. The number of non-ortho nitro benzene ring substituents is 1. The second-order valence-electron chi connectivity index (χ2n) is 5.31. The van der Waals surface area contributed by atoms with Gasteiger partial charge in [0, 0.05) is 28.7 Å². The highest BCUT2D eigenvalue weighted by Crippen LogP contribution is 2.27. The summed E-state index contributed by atoms with van der Waals surface area (Å²) in [6, 6.07) is 12.6. The highest BCUT2D eigenvalue weighted by atomic mass is 79.9. The van der Waals surface area contributed by atoms with Crippen LogP contribution in [0.2, 0.25) is 0 Å². The van der Waals surface area contributed by atoms with Crippen LogP contribution >= 0.6 is 28.9 Å². The Balaban J connectivity index is 0.00000208. The van der Waals surface area contributed by atoms with Crippen molar-refractivity contribution >= 4 is 46.1 Å². The molecule has 0 atom stereocenters. The fourth-order valence-corrected chi connectivity index (χ4v) is 3.03. The van der Waals surface area contributed by atoms with Crippen molar-refractivity contribution in [3.63, 3.8) is 0 Å². The monoisotopic (exact) mass is 405 g/mol. The number of rotatable bonds is 3. The fraction of sp³-hybridized carbons (Fsp3) is 0.118. The molecule has 0 aromatic heterocycles. The van der Waals surface area contributed by atoms with Crippen LogP contribution in [0.15, 0.2) is 52.9 Å². The second kappa shape index (κ2) is 7.63. The van der Waals surface area contributed by atoms with Crippen LogP contribution < -0.4 is 4.72 Å². The summed E-state index contributed by atoms with van der Waals surface area (Å²) in [6.45, 7) is 4.13. The topological polar surface area (TPSA) is 67.5 Å². The van der Waals surface area contributed by atoms with Gasteiger partial charge in [0.2, 0.25) is 0 Å². The van der Waals surface area contributed by atoms with E-state index in [-0.39, 0.29) is 22.7 Å². The zero-order valence-corrected chi connectivity index (χ0v) is 15.7. The molecule has 0 spiro atoms. The van der Waals surface area contributed by atoms with E-state index in [0.29, 0.717) is 5.84 Å². The molecule has 1 heterocycles. The van der Waals surface area contributed by atoms with Crippen molar-refractivity contribution in [1.29, 1.82) is 0 Å². The van der Waals surface area contributed by atoms with Crippen LogP contribution in [-0.2, 0) is 0 Å². The molecule has 5 nitrogen and oxygen atoms in total. The third kappa shape index (κ3) is 3.85. The molecular formula is C17H16BrN3O2S. The Hall–Kier alpha value is -2.12. The maximum absolute atomic E-state index is 10.7. The molecule has 0 saturated carbocycles. The molecule has 7 heteroatoms. The molecule has 2 aromatic rings. The summed E-state index contributed by atoms with van der Waals surface area (Å²) in [5, 5.41) is 12.7. The average molecular weight is 406 g/mol.